The summed E-state index contributed by atoms with van der Waals surface area (Å²) in [5.74, 6) is 0. The number of benzene rings is 2. The molecule has 3 heterocycles. The van der Waals surface area contributed by atoms with Crippen molar-refractivity contribution in [3.05, 3.63) is 131 Å². The van der Waals surface area contributed by atoms with E-state index in [4.69, 9.17) is 0 Å². The minimum absolute atomic E-state index is 0.469. The molecule has 0 saturated carbocycles. The zero-order chi connectivity index (χ0) is 28.4. The van der Waals surface area contributed by atoms with E-state index >= 15 is 0 Å². The SMILES string of the molecule is C=C(CCCc1ccc(CC(=C)c2cc(-n3ccc(C)c3)cc(C(F)(F)F)c2)cc1C)c1cnc2[nH]ccc2c1. The fourth-order valence-electron chi connectivity index (χ4n) is 5.06. The third kappa shape index (κ3) is 6.12. The fourth-order valence-corrected chi connectivity index (χ4v) is 5.06. The Balaban J connectivity index is 1.25. The Kier molecular flexibility index (Phi) is 7.53. The van der Waals surface area contributed by atoms with E-state index in [-0.39, 0.29) is 0 Å². The standard InChI is InChI=1S/C34H32F3N3/c1-22-11-13-40(21-22)32-18-29(17-31(19-32)34(35,36)37)25(4)15-26-8-9-27(24(3)14-26)7-5-6-23(2)30-16-28-10-12-38-33(28)39-20-30/h8-14,16-21H,2,4-7,15H2,1,3H3,(H,38,39). The van der Waals surface area contributed by atoms with E-state index < -0.39 is 11.7 Å². The highest BCUT2D eigenvalue weighted by Gasteiger charge is 2.31. The van der Waals surface area contributed by atoms with Gasteiger partial charge in [0.15, 0.2) is 0 Å². The van der Waals surface area contributed by atoms with Crippen molar-refractivity contribution in [1.29, 1.82) is 0 Å². The second-order valence-electron chi connectivity index (χ2n) is 10.5. The van der Waals surface area contributed by atoms with Crippen molar-refractivity contribution in [2.24, 2.45) is 0 Å². The highest BCUT2D eigenvalue weighted by atomic mass is 19.4. The Labute approximate surface area is 232 Å². The molecule has 3 aromatic heterocycles. The summed E-state index contributed by atoms with van der Waals surface area (Å²) in [6.45, 7) is 12.4. The van der Waals surface area contributed by atoms with Gasteiger partial charge in [0, 0.05) is 35.9 Å². The van der Waals surface area contributed by atoms with Gasteiger partial charge < -0.3 is 9.55 Å². The molecule has 40 heavy (non-hydrogen) atoms. The van der Waals surface area contributed by atoms with Gasteiger partial charge in [-0.05, 0) is 120 Å². The van der Waals surface area contributed by atoms with Crippen LogP contribution in [0.25, 0.3) is 27.9 Å². The van der Waals surface area contributed by atoms with Gasteiger partial charge in [-0.2, -0.15) is 13.2 Å². The van der Waals surface area contributed by atoms with Gasteiger partial charge >= 0.3 is 6.18 Å². The molecular weight excluding hydrogens is 507 g/mol. The van der Waals surface area contributed by atoms with Crippen LogP contribution in [0.3, 0.4) is 0 Å². The normalized spacial score (nSPS) is 11.7. The molecule has 6 heteroatoms. The third-order valence-corrected chi connectivity index (χ3v) is 7.35. The molecule has 0 amide bonds. The number of halogens is 3. The van der Waals surface area contributed by atoms with Crippen LogP contribution in [0, 0.1) is 13.8 Å². The lowest BCUT2D eigenvalue weighted by atomic mass is 9.93. The smallest absolute Gasteiger partial charge is 0.346 e. The van der Waals surface area contributed by atoms with Gasteiger partial charge in [0.1, 0.15) is 5.65 Å². The average Bonchev–Trinajstić information content (AvgIpc) is 3.57. The van der Waals surface area contributed by atoms with Gasteiger partial charge in [-0.1, -0.05) is 31.4 Å². The van der Waals surface area contributed by atoms with Crippen molar-refractivity contribution in [3.8, 4) is 5.69 Å². The van der Waals surface area contributed by atoms with E-state index in [9.17, 15) is 13.2 Å². The minimum Gasteiger partial charge on any atom is -0.346 e. The van der Waals surface area contributed by atoms with Crippen molar-refractivity contribution in [2.75, 3.05) is 0 Å². The molecule has 5 rings (SSSR count). The molecule has 1 N–H and O–H groups in total. The number of hydrogen-bond donors (Lipinski definition) is 1. The zero-order valence-corrected chi connectivity index (χ0v) is 22.8. The molecule has 0 unspecified atom stereocenters. The molecule has 0 aliphatic heterocycles. The number of H-pyrrole nitrogens is 1. The first-order valence-corrected chi connectivity index (χ1v) is 13.3. The van der Waals surface area contributed by atoms with E-state index in [1.807, 2.05) is 37.6 Å². The van der Waals surface area contributed by atoms with E-state index in [0.29, 0.717) is 23.2 Å². The highest BCUT2D eigenvalue weighted by molar-refractivity contribution is 5.80. The number of rotatable bonds is 9. The van der Waals surface area contributed by atoms with Crippen molar-refractivity contribution >= 4 is 22.2 Å². The second-order valence-corrected chi connectivity index (χ2v) is 10.5. The van der Waals surface area contributed by atoms with Crippen LogP contribution in [-0.4, -0.2) is 14.5 Å². The van der Waals surface area contributed by atoms with Crippen LogP contribution in [0.4, 0.5) is 13.2 Å². The predicted molar refractivity (Wildman–Crippen MR) is 157 cm³/mol. The molecule has 3 nitrogen and oxygen atoms in total. The summed E-state index contributed by atoms with van der Waals surface area (Å²) in [6, 6.07) is 16.4. The molecule has 0 aliphatic rings. The van der Waals surface area contributed by atoms with E-state index in [1.165, 1.54) is 23.3 Å². The number of allylic oxidation sites excluding steroid dienone is 2. The summed E-state index contributed by atoms with van der Waals surface area (Å²) in [7, 11) is 0. The van der Waals surface area contributed by atoms with Crippen LogP contribution in [0.5, 0.6) is 0 Å². The topological polar surface area (TPSA) is 33.6 Å². The molecule has 0 fully saturated rings. The molecular formula is C34H32F3N3. The number of fused-ring (bicyclic) bond motifs is 1. The molecule has 2 aromatic carbocycles. The maximum absolute atomic E-state index is 13.7. The van der Waals surface area contributed by atoms with Crippen LogP contribution in [0.2, 0.25) is 0 Å². The molecule has 0 saturated heterocycles. The number of hydrogen-bond acceptors (Lipinski definition) is 1. The van der Waals surface area contributed by atoms with Gasteiger partial charge in [0.25, 0.3) is 0 Å². The Hall–Kier alpha value is -4.32. The van der Waals surface area contributed by atoms with E-state index in [2.05, 4.69) is 54.3 Å². The number of alkyl halides is 3. The van der Waals surface area contributed by atoms with Gasteiger partial charge in [-0.25, -0.2) is 4.98 Å². The summed E-state index contributed by atoms with van der Waals surface area (Å²) >= 11 is 0. The molecule has 5 aromatic rings. The van der Waals surface area contributed by atoms with Crippen molar-refractivity contribution in [3.63, 3.8) is 0 Å². The molecule has 0 atom stereocenters. The first-order chi connectivity index (χ1) is 19.1. The lowest BCUT2D eigenvalue weighted by Crippen LogP contribution is -2.07. The molecule has 0 bridgehead atoms. The first kappa shape index (κ1) is 27.3. The molecule has 0 radical (unpaired) electrons. The Morgan fingerprint density at radius 2 is 1.77 bits per heavy atom. The van der Waals surface area contributed by atoms with Crippen molar-refractivity contribution in [1.82, 2.24) is 14.5 Å². The third-order valence-electron chi connectivity index (χ3n) is 7.35. The van der Waals surface area contributed by atoms with Crippen LogP contribution in [0.1, 0.15) is 51.8 Å². The average molecular weight is 540 g/mol. The zero-order valence-electron chi connectivity index (χ0n) is 22.8. The van der Waals surface area contributed by atoms with Crippen molar-refractivity contribution < 1.29 is 13.2 Å². The lowest BCUT2D eigenvalue weighted by molar-refractivity contribution is -0.137. The summed E-state index contributed by atoms with van der Waals surface area (Å²) in [6.07, 6.45) is 6.11. The molecule has 204 valence electrons. The molecule has 0 aliphatic carbocycles. The monoisotopic (exact) mass is 539 g/mol. The van der Waals surface area contributed by atoms with Gasteiger partial charge in [0.05, 0.1) is 5.56 Å². The predicted octanol–water partition coefficient (Wildman–Crippen LogP) is 9.28. The maximum Gasteiger partial charge on any atom is 0.416 e. The number of nitrogens with zero attached hydrogens (tertiary/aromatic N) is 2. The number of aromatic nitrogens is 3. The summed E-state index contributed by atoms with van der Waals surface area (Å²) in [5.41, 5.74) is 8.35. The second kappa shape index (κ2) is 11.0. The van der Waals surface area contributed by atoms with Crippen molar-refractivity contribution in [2.45, 2.75) is 45.7 Å². The largest absolute Gasteiger partial charge is 0.416 e. The van der Waals surface area contributed by atoms with Crippen LogP contribution >= 0.6 is 0 Å². The van der Waals surface area contributed by atoms with Crippen LogP contribution in [0.15, 0.2) is 92.5 Å². The van der Waals surface area contributed by atoms with E-state index in [1.54, 1.807) is 16.8 Å². The summed E-state index contributed by atoms with van der Waals surface area (Å²) in [4.78, 5) is 7.56. The first-order valence-electron chi connectivity index (χ1n) is 13.3. The number of aryl methyl sites for hydroxylation is 3. The minimum atomic E-state index is -4.44. The van der Waals surface area contributed by atoms with Gasteiger partial charge in [0.2, 0.25) is 0 Å². The maximum atomic E-state index is 13.7. The molecule has 0 spiro atoms. The highest BCUT2D eigenvalue weighted by Crippen LogP contribution is 2.34. The number of nitrogens with one attached hydrogen (secondary N) is 1. The lowest BCUT2D eigenvalue weighted by Gasteiger charge is -2.15. The summed E-state index contributed by atoms with van der Waals surface area (Å²) in [5, 5.41) is 1.08. The Morgan fingerprint density at radius 1 is 0.950 bits per heavy atom. The number of pyridine rings is 1. The van der Waals surface area contributed by atoms with Crippen LogP contribution in [-0.2, 0) is 19.0 Å². The van der Waals surface area contributed by atoms with Crippen LogP contribution < -0.4 is 0 Å². The Morgan fingerprint density at radius 3 is 2.50 bits per heavy atom. The van der Waals surface area contributed by atoms with E-state index in [0.717, 1.165) is 52.6 Å². The number of aromatic amines is 1. The van der Waals surface area contributed by atoms with Gasteiger partial charge in [-0.15, -0.1) is 0 Å². The Bertz CT molecular complexity index is 1700. The summed E-state index contributed by atoms with van der Waals surface area (Å²) < 4.78 is 42.8. The fraction of sp³-hybridized carbons (Fsp3) is 0.206. The quantitative estimate of drug-likeness (QED) is 0.199. The van der Waals surface area contributed by atoms with Gasteiger partial charge in [-0.3, -0.25) is 0 Å².